The molecule has 5 heteroatoms. The highest BCUT2D eigenvalue weighted by atomic mass is 16.2. The van der Waals surface area contributed by atoms with Gasteiger partial charge >= 0.3 is 0 Å². The Morgan fingerprint density at radius 1 is 1.36 bits per heavy atom. The highest BCUT2D eigenvalue weighted by molar-refractivity contribution is 6.05. The van der Waals surface area contributed by atoms with Gasteiger partial charge in [-0.15, -0.1) is 0 Å². The lowest BCUT2D eigenvalue weighted by molar-refractivity contribution is -0.128. The van der Waals surface area contributed by atoms with Gasteiger partial charge in [0.05, 0.1) is 19.3 Å². The third-order valence-corrected chi connectivity index (χ3v) is 2.26. The van der Waals surface area contributed by atoms with Gasteiger partial charge < -0.3 is 9.47 Å². The normalized spacial score (nSPS) is 16.7. The highest BCUT2D eigenvalue weighted by Gasteiger charge is 2.26. The van der Waals surface area contributed by atoms with Crippen LogP contribution < -0.4 is 0 Å². The van der Waals surface area contributed by atoms with Crippen LogP contribution in [0.25, 0.3) is 0 Å². The quantitative estimate of drug-likeness (QED) is 0.618. The summed E-state index contributed by atoms with van der Waals surface area (Å²) < 4.78 is 1.88. The van der Waals surface area contributed by atoms with Gasteiger partial charge in [-0.2, -0.15) is 0 Å². The van der Waals surface area contributed by atoms with E-state index in [0.29, 0.717) is 13.1 Å². The third-order valence-electron chi connectivity index (χ3n) is 2.26. The molecule has 1 aliphatic rings. The van der Waals surface area contributed by atoms with Gasteiger partial charge in [0.2, 0.25) is 5.91 Å². The van der Waals surface area contributed by atoms with E-state index in [0.717, 1.165) is 0 Å². The van der Waals surface area contributed by atoms with Crippen molar-refractivity contribution in [3.63, 3.8) is 0 Å². The number of carbonyl (C=O) groups excluding carboxylic acids is 2. The van der Waals surface area contributed by atoms with Gasteiger partial charge in [-0.1, -0.05) is 0 Å². The Morgan fingerprint density at radius 3 is 2.79 bits per heavy atom. The molecule has 14 heavy (non-hydrogen) atoms. The van der Waals surface area contributed by atoms with Crippen LogP contribution in [0.1, 0.15) is 6.42 Å². The zero-order chi connectivity index (χ0) is 9.97. The van der Waals surface area contributed by atoms with Gasteiger partial charge in [0, 0.05) is 25.5 Å². The molecule has 1 aliphatic heterocycles. The van der Waals surface area contributed by atoms with E-state index in [1.54, 1.807) is 17.4 Å². The average Bonchev–Trinajstić information content (AvgIpc) is 2.72. The molecule has 0 unspecified atom stereocenters. The summed E-state index contributed by atoms with van der Waals surface area (Å²) in [7, 11) is 0. The van der Waals surface area contributed by atoms with Crippen LogP contribution in [0.4, 0.5) is 0 Å². The number of Topliss-reactive ketones (excluding diaryl/α,β-unsaturated/α-hetero) is 1. The van der Waals surface area contributed by atoms with Crippen molar-refractivity contribution >= 4 is 11.7 Å². The smallest absolute Gasteiger partial charge is 0.230 e. The first-order valence-corrected chi connectivity index (χ1v) is 4.51. The second-order valence-corrected chi connectivity index (χ2v) is 3.33. The first-order chi connectivity index (χ1) is 6.75. The van der Waals surface area contributed by atoms with E-state index in [4.69, 9.17) is 0 Å². The van der Waals surface area contributed by atoms with E-state index in [-0.39, 0.29) is 24.7 Å². The van der Waals surface area contributed by atoms with Gasteiger partial charge in [0.25, 0.3) is 0 Å². The number of amides is 1. The molecule has 0 bridgehead atoms. The lowest BCUT2D eigenvalue weighted by Gasteiger charge is -2.14. The second kappa shape index (κ2) is 3.61. The Hall–Kier alpha value is -1.65. The van der Waals surface area contributed by atoms with Crippen LogP contribution in [0.15, 0.2) is 18.7 Å². The van der Waals surface area contributed by atoms with Crippen LogP contribution in [0, 0.1) is 0 Å². The van der Waals surface area contributed by atoms with Crippen molar-refractivity contribution in [2.24, 2.45) is 0 Å². The molecule has 0 aromatic carbocycles. The molecule has 2 heterocycles. The second-order valence-electron chi connectivity index (χ2n) is 3.33. The van der Waals surface area contributed by atoms with Crippen molar-refractivity contribution in [1.82, 2.24) is 14.5 Å². The molecule has 0 N–H and O–H groups in total. The first-order valence-electron chi connectivity index (χ1n) is 4.51. The van der Waals surface area contributed by atoms with Crippen LogP contribution in [-0.2, 0) is 16.1 Å². The zero-order valence-corrected chi connectivity index (χ0v) is 7.72. The maximum absolute atomic E-state index is 11.2. The lowest BCUT2D eigenvalue weighted by atomic mass is 10.3. The van der Waals surface area contributed by atoms with Crippen LogP contribution in [0.2, 0.25) is 0 Å². The molecule has 5 nitrogen and oxygen atoms in total. The number of aromatic nitrogens is 2. The molecular weight excluding hydrogens is 182 g/mol. The van der Waals surface area contributed by atoms with Gasteiger partial charge in [0.1, 0.15) is 0 Å². The number of hydrogen-bond acceptors (Lipinski definition) is 3. The molecule has 1 aromatic heterocycles. The van der Waals surface area contributed by atoms with Crippen molar-refractivity contribution in [2.75, 3.05) is 13.1 Å². The molecule has 0 aliphatic carbocycles. The van der Waals surface area contributed by atoms with Crippen LogP contribution >= 0.6 is 0 Å². The van der Waals surface area contributed by atoms with Crippen molar-refractivity contribution in [2.45, 2.75) is 13.0 Å². The maximum Gasteiger partial charge on any atom is 0.230 e. The maximum atomic E-state index is 11.2. The molecule has 0 atom stereocenters. The number of rotatable bonds is 3. The predicted octanol–water partition coefficient (Wildman–Crippen LogP) is -0.316. The fraction of sp³-hybridized carbons (Fsp3) is 0.444. The van der Waals surface area contributed by atoms with E-state index >= 15 is 0 Å². The number of hydrogen-bond donors (Lipinski definition) is 0. The topological polar surface area (TPSA) is 55.2 Å². The van der Waals surface area contributed by atoms with Crippen LogP contribution in [-0.4, -0.2) is 39.2 Å². The summed E-state index contributed by atoms with van der Waals surface area (Å²) in [5, 5.41) is 0. The molecule has 2 rings (SSSR count). The summed E-state index contributed by atoms with van der Waals surface area (Å²) in [4.78, 5) is 27.6. The SMILES string of the molecule is O=C1CC(=O)N(CCn2ccnc2)C1. The Balaban J connectivity index is 1.87. The number of ketones is 1. The monoisotopic (exact) mass is 193 g/mol. The molecule has 1 aromatic rings. The Morgan fingerprint density at radius 2 is 2.21 bits per heavy atom. The predicted molar refractivity (Wildman–Crippen MR) is 48.4 cm³/mol. The molecule has 1 amide bonds. The number of nitrogens with zero attached hydrogens (tertiary/aromatic N) is 3. The van der Waals surface area contributed by atoms with Crippen LogP contribution in [0.5, 0.6) is 0 Å². The van der Waals surface area contributed by atoms with Crippen molar-refractivity contribution < 1.29 is 9.59 Å². The van der Waals surface area contributed by atoms with E-state index in [9.17, 15) is 9.59 Å². The fourth-order valence-electron chi connectivity index (χ4n) is 1.50. The minimum Gasteiger partial charge on any atom is -0.336 e. The van der Waals surface area contributed by atoms with E-state index in [2.05, 4.69) is 4.98 Å². The van der Waals surface area contributed by atoms with Crippen LogP contribution in [0.3, 0.4) is 0 Å². The summed E-state index contributed by atoms with van der Waals surface area (Å²) in [6.07, 6.45) is 5.30. The van der Waals surface area contributed by atoms with E-state index in [1.807, 2.05) is 10.8 Å². The minimum absolute atomic E-state index is 0.0145. The highest BCUT2D eigenvalue weighted by Crippen LogP contribution is 2.05. The zero-order valence-electron chi connectivity index (χ0n) is 7.72. The molecule has 0 spiro atoms. The molecule has 1 saturated heterocycles. The standard InChI is InChI=1S/C9H11N3O2/c13-8-5-9(14)12(6-8)4-3-11-2-1-10-7-11/h1-2,7H,3-6H2. The summed E-state index contributed by atoms with van der Waals surface area (Å²) >= 11 is 0. The number of imidazole rings is 1. The molecule has 0 saturated carbocycles. The fourth-order valence-corrected chi connectivity index (χ4v) is 1.50. The largest absolute Gasteiger partial charge is 0.336 e. The number of likely N-dealkylation sites (tertiary alicyclic amines) is 1. The lowest BCUT2D eigenvalue weighted by Crippen LogP contribution is -2.28. The molecule has 0 radical (unpaired) electrons. The Labute approximate surface area is 81.3 Å². The summed E-state index contributed by atoms with van der Waals surface area (Å²) in [5.41, 5.74) is 0. The number of carbonyl (C=O) groups is 2. The van der Waals surface area contributed by atoms with E-state index in [1.165, 1.54) is 0 Å². The van der Waals surface area contributed by atoms with Crippen molar-refractivity contribution in [3.8, 4) is 0 Å². The average molecular weight is 193 g/mol. The van der Waals surface area contributed by atoms with Gasteiger partial charge in [-0.3, -0.25) is 9.59 Å². The summed E-state index contributed by atoms with van der Waals surface area (Å²) in [6, 6.07) is 0. The summed E-state index contributed by atoms with van der Waals surface area (Å²) in [6.45, 7) is 1.55. The van der Waals surface area contributed by atoms with Crippen molar-refractivity contribution in [3.05, 3.63) is 18.7 Å². The van der Waals surface area contributed by atoms with Crippen molar-refractivity contribution in [1.29, 1.82) is 0 Å². The van der Waals surface area contributed by atoms with E-state index < -0.39 is 0 Å². The Kier molecular flexibility index (Phi) is 2.30. The summed E-state index contributed by atoms with van der Waals surface area (Å²) in [5.74, 6) is -0.0456. The van der Waals surface area contributed by atoms with Gasteiger partial charge in [-0.05, 0) is 0 Å². The van der Waals surface area contributed by atoms with Gasteiger partial charge in [0.15, 0.2) is 5.78 Å². The molecule has 1 fully saturated rings. The molecular formula is C9H11N3O2. The van der Waals surface area contributed by atoms with Gasteiger partial charge in [-0.25, -0.2) is 4.98 Å². The Bertz CT molecular complexity index is 345. The first kappa shape index (κ1) is 8.93. The minimum atomic E-state index is -0.0601. The molecule has 74 valence electrons. The third kappa shape index (κ3) is 1.81.